The molecule has 0 aromatic carbocycles. The first-order chi connectivity index (χ1) is 5.83. The fourth-order valence-electron chi connectivity index (χ4n) is 1.43. The monoisotopic (exact) mass is 167 g/mol. The highest BCUT2D eigenvalue weighted by Gasteiger charge is 2.13. The number of rotatable bonds is 4. The van der Waals surface area contributed by atoms with E-state index in [2.05, 4.69) is 22.0 Å². The fourth-order valence-corrected chi connectivity index (χ4v) is 1.43. The van der Waals surface area contributed by atoms with E-state index in [9.17, 15) is 0 Å². The van der Waals surface area contributed by atoms with Gasteiger partial charge in [0.25, 0.3) is 0 Å². The highest BCUT2D eigenvalue weighted by atomic mass is 15.1. The van der Waals surface area contributed by atoms with Gasteiger partial charge < -0.3 is 10.6 Å². The Labute approximate surface area is 74.3 Å². The van der Waals surface area contributed by atoms with Crippen LogP contribution in [-0.4, -0.2) is 25.3 Å². The zero-order valence-corrected chi connectivity index (χ0v) is 7.56. The summed E-state index contributed by atoms with van der Waals surface area (Å²) in [5, 5.41) is 9.58. The minimum absolute atomic E-state index is 0.206. The van der Waals surface area contributed by atoms with Crippen LogP contribution in [0.2, 0.25) is 0 Å². The second kappa shape index (κ2) is 5.02. The third-order valence-electron chi connectivity index (χ3n) is 2.13. The maximum atomic E-state index is 5.10. The third-order valence-corrected chi connectivity index (χ3v) is 2.13. The van der Waals surface area contributed by atoms with E-state index in [1.807, 2.05) is 6.92 Å². The van der Waals surface area contributed by atoms with Crippen LogP contribution in [-0.2, 0) is 0 Å². The summed E-state index contributed by atoms with van der Waals surface area (Å²) in [5.74, 6) is 0. The summed E-state index contributed by atoms with van der Waals surface area (Å²) in [6.45, 7) is 4.17. The molecule has 1 aliphatic rings. The molecule has 12 heavy (non-hydrogen) atoms. The Morgan fingerprint density at radius 2 is 2.58 bits per heavy atom. The molecule has 0 aromatic rings. The lowest BCUT2D eigenvalue weighted by molar-refractivity contribution is 0.460. The third kappa shape index (κ3) is 3.12. The van der Waals surface area contributed by atoms with Gasteiger partial charge in [0.2, 0.25) is 0 Å². The summed E-state index contributed by atoms with van der Waals surface area (Å²) in [7, 11) is 0. The van der Waals surface area contributed by atoms with Gasteiger partial charge in [0.1, 0.15) is 0 Å². The number of nitrogens with one attached hydrogen (secondary N) is 3. The average molecular weight is 167 g/mol. The smallest absolute Gasteiger partial charge is 0.0814 e. The molecule has 1 aliphatic heterocycles. The largest absolute Gasteiger partial charge is 0.330 e. The van der Waals surface area contributed by atoms with Gasteiger partial charge in [0.15, 0.2) is 0 Å². The molecule has 3 nitrogen and oxygen atoms in total. The maximum Gasteiger partial charge on any atom is 0.0814 e. The van der Waals surface area contributed by atoms with Gasteiger partial charge in [-0.3, -0.25) is 5.32 Å². The van der Waals surface area contributed by atoms with Gasteiger partial charge >= 0.3 is 0 Å². The zero-order chi connectivity index (χ0) is 8.81. The molecule has 0 aromatic heterocycles. The molecule has 2 atom stereocenters. The first kappa shape index (κ1) is 9.37. The van der Waals surface area contributed by atoms with E-state index >= 15 is 0 Å². The molecular weight excluding hydrogens is 150 g/mol. The van der Waals surface area contributed by atoms with Gasteiger partial charge in [-0.1, -0.05) is 6.42 Å². The molecule has 1 fully saturated rings. The van der Waals surface area contributed by atoms with Crippen LogP contribution in [0, 0.1) is 12.5 Å². The molecule has 0 spiro atoms. The molecule has 0 radical (unpaired) electrons. The van der Waals surface area contributed by atoms with Crippen LogP contribution in [0.1, 0.15) is 19.8 Å². The summed E-state index contributed by atoms with van der Waals surface area (Å²) >= 11 is 0. The fraction of sp³-hybridized carbons (Fsp3) is 0.778. The lowest BCUT2D eigenvalue weighted by Gasteiger charge is -2.16. The average Bonchev–Trinajstić information content (AvgIpc) is 2.53. The standard InChI is InChI=1S/C9H17N3/c1-3-10-8(2)12-7-9-5-4-6-11-9/h1,8-12H,4-7H2,2H3/t8?,9-/m0/s1. The lowest BCUT2D eigenvalue weighted by atomic mass is 10.2. The molecule has 0 saturated carbocycles. The first-order valence-electron chi connectivity index (χ1n) is 4.51. The Kier molecular flexibility index (Phi) is 3.92. The molecule has 0 amide bonds. The van der Waals surface area contributed by atoms with Crippen molar-refractivity contribution >= 4 is 0 Å². The number of hydrogen-bond donors (Lipinski definition) is 3. The predicted molar refractivity (Wildman–Crippen MR) is 50.5 cm³/mol. The Morgan fingerprint density at radius 1 is 1.75 bits per heavy atom. The number of terminal acetylenes is 1. The van der Waals surface area contributed by atoms with Gasteiger partial charge in [0, 0.05) is 18.6 Å². The lowest BCUT2D eigenvalue weighted by Crippen LogP contribution is -2.43. The first-order valence-corrected chi connectivity index (χ1v) is 4.51. The van der Waals surface area contributed by atoms with E-state index < -0.39 is 0 Å². The minimum Gasteiger partial charge on any atom is -0.330 e. The van der Waals surface area contributed by atoms with Crippen molar-refractivity contribution in [3.05, 3.63) is 0 Å². The summed E-state index contributed by atoms with van der Waals surface area (Å²) in [6, 6.07) is 3.04. The van der Waals surface area contributed by atoms with E-state index in [1.54, 1.807) is 0 Å². The summed E-state index contributed by atoms with van der Waals surface area (Å²) in [5.41, 5.74) is 0. The van der Waals surface area contributed by atoms with Crippen LogP contribution >= 0.6 is 0 Å². The van der Waals surface area contributed by atoms with Crippen molar-refractivity contribution in [1.29, 1.82) is 0 Å². The summed E-state index contributed by atoms with van der Waals surface area (Å²) < 4.78 is 0. The van der Waals surface area contributed by atoms with Crippen LogP contribution in [0.4, 0.5) is 0 Å². The topological polar surface area (TPSA) is 36.1 Å². The molecule has 1 saturated heterocycles. The second-order valence-corrected chi connectivity index (χ2v) is 3.21. The van der Waals surface area contributed by atoms with E-state index in [1.165, 1.54) is 12.8 Å². The Balaban J connectivity index is 2.04. The van der Waals surface area contributed by atoms with Crippen LogP contribution < -0.4 is 16.0 Å². The molecule has 68 valence electrons. The highest BCUT2D eigenvalue weighted by molar-refractivity contribution is 4.84. The minimum atomic E-state index is 0.206. The quantitative estimate of drug-likeness (QED) is 0.310. The van der Waals surface area contributed by atoms with Crippen molar-refractivity contribution in [3.63, 3.8) is 0 Å². The highest BCUT2D eigenvalue weighted by Crippen LogP contribution is 2.02. The van der Waals surface area contributed by atoms with Crippen LogP contribution in [0.3, 0.4) is 0 Å². The van der Waals surface area contributed by atoms with Crippen molar-refractivity contribution in [2.45, 2.75) is 32.0 Å². The van der Waals surface area contributed by atoms with Gasteiger partial charge in [-0.25, -0.2) is 0 Å². The van der Waals surface area contributed by atoms with Gasteiger partial charge in [0.05, 0.1) is 6.17 Å². The van der Waals surface area contributed by atoms with Gasteiger partial charge in [-0.05, 0) is 26.3 Å². The van der Waals surface area contributed by atoms with E-state index in [4.69, 9.17) is 6.42 Å². The van der Waals surface area contributed by atoms with Crippen molar-refractivity contribution in [1.82, 2.24) is 16.0 Å². The predicted octanol–water partition coefficient (Wildman–Crippen LogP) is -0.146. The molecule has 0 bridgehead atoms. The molecular formula is C9H17N3. The van der Waals surface area contributed by atoms with Crippen molar-refractivity contribution < 1.29 is 0 Å². The van der Waals surface area contributed by atoms with Crippen LogP contribution in [0.25, 0.3) is 0 Å². The molecule has 1 heterocycles. The summed E-state index contributed by atoms with van der Waals surface area (Å²) in [4.78, 5) is 0. The Bertz CT molecular complexity index is 156. The van der Waals surface area contributed by atoms with Crippen molar-refractivity contribution in [2.24, 2.45) is 0 Å². The molecule has 1 unspecified atom stereocenters. The Hall–Kier alpha value is -0.720. The maximum absolute atomic E-state index is 5.10. The van der Waals surface area contributed by atoms with Crippen molar-refractivity contribution in [2.75, 3.05) is 13.1 Å². The van der Waals surface area contributed by atoms with E-state index in [0.717, 1.165) is 13.1 Å². The molecule has 3 heteroatoms. The second-order valence-electron chi connectivity index (χ2n) is 3.21. The van der Waals surface area contributed by atoms with Gasteiger partial charge in [-0.15, -0.1) is 0 Å². The van der Waals surface area contributed by atoms with E-state index in [-0.39, 0.29) is 6.17 Å². The zero-order valence-electron chi connectivity index (χ0n) is 7.56. The number of hydrogen-bond acceptors (Lipinski definition) is 3. The summed E-state index contributed by atoms with van der Waals surface area (Å²) in [6.07, 6.45) is 7.87. The molecule has 1 rings (SSSR count). The van der Waals surface area contributed by atoms with Crippen LogP contribution in [0.15, 0.2) is 0 Å². The normalized spacial score (nSPS) is 24.8. The van der Waals surface area contributed by atoms with Gasteiger partial charge in [-0.2, -0.15) is 0 Å². The van der Waals surface area contributed by atoms with Crippen LogP contribution in [0.5, 0.6) is 0 Å². The van der Waals surface area contributed by atoms with Crippen molar-refractivity contribution in [3.8, 4) is 12.5 Å². The SMILES string of the molecule is C#CNC(C)NC[C@@H]1CCCN1. The molecule has 0 aliphatic carbocycles. The molecule has 3 N–H and O–H groups in total. The Morgan fingerprint density at radius 3 is 3.17 bits per heavy atom. The van der Waals surface area contributed by atoms with E-state index in [0.29, 0.717) is 6.04 Å².